The van der Waals surface area contributed by atoms with E-state index in [1.165, 1.54) is 0 Å². The fraction of sp³-hybridized carbons (Fsp3) is 0.727. The van der Waals surface area contributed by atoms with Crippen molar-refractivity contribution in [1.82, 2.24) is 0 Å². The van der Waals surface area contributed by atoms with Crippen molar-refractivity contribution in [2.24, 2.45) is 10.8 Å². The number of hydrogen-bond donors (Lipinski definition) is 0. The highest BCUT2D eigenvalue weighted by Gasteiger charge is 2.83. The Bertz CT molecular complexity index is 331. The van der Waals surface area contributed by atoms with Crippen LogP contribution in [-0.4, -0.2) is 10.8 Å². The quantitative estimate of drug-likeness (QED) is 0.552. The van der Waals surface area contributed by atoms with E-state index in [1.54, 1.807) is 6.92 Å². The molecular weight excluding hydrogens is 235 g/mol. The van der Waals surface area contributed by atoms with Crippen LogP contribution in [0.25, 0.3) is 0 Å². The first-order valence-corrected chi connectivity index (χ1v) is 5.52. The molecule has 0 spiro atoms. The minimum atomic E-state index is -0.763. The Morgan fingerprint density at radius 2 is 1.73 bits per heavy atom. The van der Waals surface area contributed by atoms with E-state index >= 15 is 0 Å². The van der Waals surface area contributed by atoms with Crippen LogP contribution in [0.5, 0.6) is 0 Å². The molecule has 15 heavy (non-hydrogen) atoms. The molecule has 0 radical (unpaired) electrons. The first-order valence-electron chi connectivity index (χ1n) is 4.83. The highest BCUT2D eigenvalue weighted by Crippen LogP contribution is 2.76. The van der Waals surface area contributed by atoms with Crippen molar-refractivity contribution >= 4 is 29.4 Å². The van der Waals surface area contributed by atoms with E-state index < -0.39 is 16.3 Å². The topological polar surface area (TPSA) is 26.3 Å². The van der Waals surface area contributed by atoms with Crippen molar-refractivity contribution < 1.29 is 9.08 Å². The summed E-state index contributed by atoms with van der Waals surface area (Å²) in [5.74, 6) is -0.471. The van der Waals surface area contributed by atoms with Gasteiger partial charge in [-0.2, -0.15) is 0 Å². The van der Waals surface area contributed by atoms with E-state index in [-0.39, 0.29) is 5.41 Å². The number of carbonyl (C=O) groups is 1. The fourth-order valence-electron chi connectivity index (χ4n) is 2.27. The molecule has 2 nitrogen and oxygen atoms in total. The number of rotatable bonds is 2. The Morgan fingerprint density at radius 3 is 2.07 bits per heavy atom. The van der Waals surface area contributed by atoms with Crippen LogP contribution in [0.15, 0.2) is 11.6 Å². The van der Waals surface area contributed by atoms with Crippen molar-refractivity contribution in [2.45, 2.75) is 39.5 Å². The smallest absolute Gasteiger partial charge is 0.333 e. The molecule has 1 fully saturated rings. The van der Waals surface area contributed by atoms with Crippen LogP contribution in [0.1, 0.15) is 34.6 Å². The molecular formula is C11H16Cl2O2. The van der Waals surface area contributed by atoms with E-state index in [1.807, 2.05) is 33.8 Å². The van der Waals surface area contributed by atoms with E-state index in [0.29, 0.717) is 0 Å². The highest BCUT2D eigenvalue weighted by molar-refractivity contribution is 6.32. The van der Waals surface area contributed by atoms with Crippen LogP contribution in [-0.2, 0) is 9.08 Å². The second kappa shape index (κ2) is 3.39. The lowest BCUT2D eigenvalue weighted by Gasteiger charge is -2.09. The number of carbonyl (C=O) groups excluding carboxylic acids is 1. The van der Waals surface area contributed by atoms with Gasteiger partial charge in [0.25, 0.3) is 0 Å². The summed E-state index contributed by atoms with van der Waals surface area (Å²) < 4.78 is 4.31. The molecule has 0 aromatic carbocycles. The molecule has 2 atom stereocenters. The van der Waals surface area contributed by atoms with Crippen molar-refractivity contribution in [3.05, 3.63) is 11.6 Å². The molecule has 2 unspecified atom stereocenters. The second-order valence-corrected chi connectivity index (χ2v) is 5.80. The lowest BCUT2D eigenvalue weighted by molar-refractivity contribution is -0.140. The third kappa shape index (κ3) is 1.34. The molecule has 1 rings (SSSR count). The minimum Gasteiger partial charge on any atom is -0.347 e. The van der Waals surface area contributed by atoms with Gasteiger partial charge in [0.15, 0.2) is 0 Å². The van der Waals surface area contributed by atoms with Gasteiger partial charge in [-0.1, -0.05) is 25.5 Å². The van der Waals surface area contributed by atoms with E-state index in [4.69, 9.17) is 23.5 Å². The summed E-state index contributed by atoms with van der Waals surface area (Å²) in [6.45, 7) is 9.56. The normalized spacial score (nSPS) is 37.0. The van der Waals surface area contributed by atoms with Gasteiger partial charge < -0.3 is 4.29 Å². The zero-order valence-corrected chi connectivity index (χ0v) is 11.2. The Morgan fingerprint density at radius 1 is 1.27 bits per heavy atom. The van der Waals surface area contributed by atoms with Crippen LogP contribution >= 0.6 is 23.5 Å². The Kier molecular flexibility index (Phi) is 2.91. The van der Waals surface area contributed by atoms with Crippen LogP contribution in [0, 0.1) is 10.8 Å². The van der Waals surface area contributed by atoms with Crippen molar-refractivity contribution in [1.29, 1.82) is 0 Å². The van der Waals surface area contributed by atoms with Gasteiger partial charge in [0.05, 0.1) is 10.3 Å². The Balaban J connectivity index is 3.16. The average Bonchev–Trinajstić information content (AvgIpc) is 2.44. The summed E-state index contributed by atoms with van der Waals surface area (Å²) in [4.78, 5) is 10.9. The molecule has 0 saturated heterocycles. The van der Waals surface area contributed by atoms with E-state index in [2.05, 4.69) is 4.29 Å². The van der Waals surface area contributed by atoms with Gasteiger partial charge in [-0.15, -0.1) is 11.6 Å². The molecule has 0 aromatic rings. The SMILES string of the molecule is CC(C)=CC1(Cl)C(C)(C)C1(C)C(=O)OCl. The summed E-state index contributed by atoms with van der Waals surface area (Å²) in [6.07, 6.45) is 1.91. The number of allylic oxidation sites excluding steroid dienone is 2. The molecule has 1 aliphatic carbocycles. The fourth-order valence-corrected chi connectivity index (χ4v) is 3.10. The predicted molar refractivity (Wildman–Crippen MR) is 61.8 cm³/mol. The average molecular weight is 251 g/mol. The molecule has 0 heterocycles. The molecule has 1 aliphatic rings. The molecule has 0 N–H and O–H groups in total. The molecule has 86 valence electrons. The number of halogens is 2. The van der Waals surface area contributed by atoms with E-state index in [9.17, 15) is 4.79 Å². The predicted octanol–water partition coefficient (Wildman–Crippen LogP) is 3.67. The first-order chi connectivity index (χ1) is 6.65. The third-order valence-corrected chi connectivity index (χ3v) is 4.89. The molecule has 0 aromatic heterocycles. The summed E-state index contributed by atoms with van der Waals surface area (Å²) >= 11 is 11.6. The summed E-state index contributed by atoms with van der Waals surface area (Å²) in [5.41, 5.74) is -0.0464. The highest BCUT2D eigenvalue weighted by atomic mass is 35.5. The summed E-state index contributed by atoms with van der Waals surface area (Å²) in [5, 5.41) is 0. The monoisotopic (exact) mass is 250 g/mol. The lowest BCUT2D eigenvalue weighted by atomic mass is 9.99. The van der Waals surface area contributed by atoms with Gasteiger partial charge in [0.1, 0.15) is 11.9 Å². The lowest BCUT2D eigenvalue weighted by Crippen LogP contribution is -2.21. The molecule has 0 bridgehead atoms. The zero-order valence-electron chi connectivity index (χ0n) is 9.65. The summed E-state index contributed by atoms with van der Waals surface area (Å²) in [6, 6.07) is 0. The second-order valence-electron chi connectivity index (χ2n) is 5.05. The van der Waals surface area contributed by atoms with Gasteiger partial charge >= 0.3 is 5.97 Å². The molecule has 1 saturated carbocycles. The van der Waals surface area contributed by atoms with Crippen molar-refractivity contribution in [3.8, 4) is 0 Å². The van der Waals surface area contributed by atoms with Crippen molar-refractivity contribution in [2.75, 3.05) is 0 Å². The largest absolute Gasteiger partial charge is 0.347 e. The van der Waals surface area contributed by atoms with Crippen LogP contribution in [0.4, 0.5) is 0 Å². The maximum atomic E-state index is 11.6. The summed E-state index contributed by atoms with van der Waals surface area (Å²) in [7, 11) is 0. The maximum absolute atomic E-state index is 11.6. The minimum absolute atomic E-state index is 0.356. The van der Waals surface area contributed by atoms with Gasteiger partial charge in [-0.25, -0.2) is 4.79 Å². The van der Waals surface area contributed by atoms with E-state index in [0.717, 1.165) is 5.57 Å². The standard InChI is InChI=1S/C11H16Cl2O2/c1-7(2)6-11(12)9(3,4)10(11,5)8(14)15-13/h6H,1-5H3. The number of alkyl halides is 1. The van der Waals surface area contributed by atoms with Gasteiger partial charge in [0.2, 0.25) is 0 Å². The Labute approximate surface area is 101 Å². The molecule has 4 heteroatoms. The van der Waals surface area contributed by atoms with Crippen LogP contribution in [0.3, 0.4) is 0 Å². The van der Waals surface area contributed by atoms with Crippen LogP contribution in [0.2, 0.25) is 0 Å². The zero-order chi connectivity index (χ0) is 12.1. The Hall–Kier alpha value is -0.210. The van der Waals surface area contributed by atoms with Crippen molar-refractivity contribution in [3.63, 3.8) is 0 Å². The third-order valence-electron chi connectivity index (χ3n) is 3.79. The maximum Gasteiger partial charge on any atom is 0.333 e. The molecule has 0 amide bonds. The van der Waals surface area contributed by atoms with Gasteiger partial charge in [-0.05, 0) is 20.8 Å². The molecule has 0 aliphatic heterocycles. The van der Waals surface area contributed by atoms with Gasteiger partial charge in [-0.3, -0.25) is 0 Å². The number of hydrogen-bond acceptors (Lipinski definition) is 2. The van der Waals surface area contributed by atoms with Gasteiger partial charge in [0, 0.05) is 5.41 Å². The first kappa shape index (κ1) is 12.9. The van der Waals surface area contributed by atoms with Crippen LogP contribution < -0.4 is 0 Å².